The molecule has 11 heteroatoms. The van der Waals surface area contributed by atoms with Crippen LogP contribution in [0.1, 0.15) is 22.7 Å². The molecule has 0 aromatic heterocycles. The van der Waals surface area contributed by atoms with Crippen LogP contribution in [0.5, 0.6) is 5.75 Å². The minimum absolute atomic E-state index is 0.262. The Hall–Kier alpha value is -3.86. The van der Waals surface area contributed by atoms with Crippen molar-refractivity contribution >= 4 is 11.9 Å². The fraction of sp³-hybridized carbons (Fsp3) is 0.231. The second kappa shape index (κ2) is 9.22. The third-order valence-corrected chi connectivity index (χ3v) is 6.21. The van der Waals surface area contributed by atoms with Crippen molar-refractivity contribution in [3.05, 3.63) is 102 Å². The number of methoxy groups -OCH3 is 1. The number of para-hydroxylation sites is 1. The highest BCUT2D eigenvalue weighted by Crippen LogP contribution is 2.59. The summed E-state index contributed by atoms with van der Waals surface area (Å²) in [5.41, 5.74) is -9.52. The number of ether oxygens (including phenoxy) is 2. The zero-order valence-electron chi connectivity index (χ0n) is 19.1. The molecule has 1 N–H and O–H groups in total. The number of carbonyl (C=O) groups excluding carboxylic acids is 2. The van der Waals surface area contributed by atoms with E-state index in [1.807, 2.05) is 0 Å². The lowest BCUT2D eigenvalue weighted by Crippen LogP contribution is -2.62. The van der Waals surface area contributed by atoms with Gasteiger partial charge in [0.1, 0.15) is 5.75 Å². The molecule has 0 aliphatic carbocycles. The lowest BCUT2D eigenvalue weighted by molar-refractivity contribution is -0.197. The van der Waals surface area contributed by atoms with Crippen molar-refractivity contribution in [2.24, 2.45) is 0 Å². The average Bonchev–Trinajstić information content (AvgIpc) is 3.08. The number of rotatable bonds is 5. The highest BCUT2D eigenvalue weighted by molar-refractivity contribution is 5.92. The lowest BCUT2D eigenvalue weighted by atomic mass is 9.78. The van der Waals surface area contributed by atoms with Crippen LogP contribution < -0.4 is 10.1 Å². The average molecular weight is 523 g/mol. The number of carbonyl (C=O) groups is 2. The molecule has 0 saturated carbocycles. The smallest absolute Gasteiger partial charge is 0.416 e. The van der Waals surface area contributed by atoms with Gasteiger partial charge >= 0.3 is 24.0 Å². The van der Waals surface area contributed by atoms with E-state index in [9.17, 15) is 22.8 Å². The SMILES string of the molecule is COC(=O)[C@]1(c2ccccc2)N[C@H](c2ccc(C(F)(F)F)cc2)[C@](F)(C(=O)Oc2ccccc2)C1(F)F. The predicted octanol–water partition coefficient (Wildman–Crippen LogP) is 5.37. The fourth-order valence-electron chi connectivity index (χ4n) is 4.36. The summed E-state index contributed by atoms with van der Waals surface area (Å²) in [4.78, 5) is 26.1. The van der Waals surface area contributed by atoms with Crippen molar-refractivity contribution < 1.29 is 45.4 Å². The summed E-state index contributed by atoms with van der Waals surface area (Å²) in [6.45, 7) is 0. The van der Waals surface area contributed by atoms with E-state index >= 15 is 13.2 Å². The van der Waals surface area contributed by atoms with Gasteiger partial charge in [-0.05, 0) is 35.4 Å². The van der Waals surface area contributed by atoms with E-state index in [0.29, 0.717) is 12.1 Å². The standard InChI is InChI=1S/C26H19F6NO4/c1-36-22(35)24(17-8-4-2-5-9-17)26(31,32)23(27,21(34)37-19-10-6-3-7-11-19)20(33-24)16-12-14-18(15-13-16)25(28,29)30/h2-15,20,33H,1H3/t20-,23+,24+/m1/s1. The van der Waals surface area contributed by atoms with Gasteiger partial charge in [0.25, 0.3) is 5.67 Å². The van der Waals surface area contributed by atoms with Gasteiger partial charge < -0.3 is 9.47 Å². The summed E-state index contributed by atoms with van der Waals surface area (Å²) in [6, 6.07) is 13.4. The Kier molecular flexibility index (Phi) is 6.53. The van der Waals surface area contributed by atoms with Gasteiger partial charge in [-0.1, -0.05) is 60.7 Å². The first kappa shape index (κ1) is 26.2. The van der Waals surface area contributed by atoms with Crippen molar-refractivity contribution in [1.29, 1.82) is 0 Å². The molecule has 3 aromatic carbocycles. The first-order valence-corrected chi connectivity index (χ1v) is 10.8. The molecule has 0 unspecified atom stereocenters. The van der Waals surface area contributed by atoms with Crippen molar-refractivity contribution in [3.8, 4) is 5.75 Å². The number of hydrogen-bond donors (Lipinski definition) is 1. The Morgan fingerprint density at radius 2 is 1.35 bits per heavy atom. The highest BCUT2D eigenvalue weighted by atomic mass is 19.4. The van der Waals surface area contributed by atoms with Crippen LogP contribution in [0.25, 0.3) is 0 Å². The number of esters is 2. The van der Waals surface area contributed by atoms with Crippen LogP contribution >= 0.6 is 0 Å². The molecule has 1 aliphatic heterocycles. The fourth-order valence-corrected chi connectivity index (χ4v) is 4.36. The second-order valence-electron chi connectivity index (χ2n) is 8.29. The predicted molar refractivity (Wildman–Crippen MR) is 118 cm³/mol. The van der Waals surface area contributed by atoms with E-state index in [1.165, 1.54) is 48.5 Å². The number of hydrogen-bond acceptors (Lipinski definition) is 5. The van der Waals surface area contributed by atoms with Gasteiger partial charge in [-0.15, -0.1) is 0 Å². The van der Waals surface area contributed by atoms with E-state index in [2.05, 4.69) is 10.1 Å². The molecular weight excluding hydrogens is 504 g/mol. The van der Waals surface area contributed by atoms with Gasteiger partial charge in [0.15, 0.2) is 0 Å². The van der Waals surface area contributed by atoms with Gasteiger partial charge in [-0.2, -0.15) is 22.0 Å². The summed E-state index contributed by atoms with van der Waals surface area (Å²) in [5, 5.41) is 2.21. The normalized spacial score (nSPS) is 24.9. The van der Waals surface area contributed by atoms with E-state index in [-0.39, 0.29) is 5.75 Å². The molecule has 1 saturated heterocycles. The van der Waals surface area contributed by atoms with E-state index in [4.69, 9.17) is 4.74 Å². The first-order chi connectivity index (χ1) is 17.4. The van der Waals surface area contributed by atoms with Crippen LogP contribution in [0.15, 0.2) is 84.9 Å². The minimum Gasteiger partial charge on any atom is -0.467 e. The zero-order chi connectivity index (χ0) is 27.1. The van der Waals surface area contributed by atoms with Gasteiger partial charge in [0.2, 0.25) is 5.54 Å². The molecule has 0 radical (unpaired) electrons. The van der Waals surface area contributed by atoms with E-state index in [0.717, 1.165) is 31.4 Å². The van der Waals surface area contributed by atoms with Crippen LogP contribution in [-0.2, 0) is 26.0 Å². The Morgan fingerprint density at radius 1 is 0.811 bits per heavy atom. The quantitative estimate of drug-likeness (QED) is 0.277. The molecule has 0 bridgehead atoms. The van der Waals surface area contributed by atoms with Crippen LogP contribution in [0.4, 0.5) is 26.3 Å². The molecular formula is C26H19F6NO4. The minimum atomic E-state index is -4.85. The molecule has 194 valence electrons. The molecule has 3 atom stereocenters. The molecule has 3 aromatic rings. The van der Waals surface area contributed by atoms with Crippen LogP contribution in [0.3, 0.4) is 0 Å². The Bertz CT molecular complexity index is 1280. The Morgan fingerprint density at radius 3 is 1.86 bits per heavy atom. The molecule has 1 aliphatic rings. The monoisotopic (exact) mass is 523 g/mol. The summed E-state index contributed by atoms with van der Waals surface area (Å²) in [5.74, 6) is -8.79. The van der Waals surface area contributed by atoms with Crippen molar-refractivity contribution in [2.45, 2.75) is 29.3 Å². The number of halogens is 6. The zero-order valence-corrected chi connectivity index (χ0v) is 19.1. The van der Waals surface area contributed by atoms with Crippen molar-refractivity contribution in [1.82, 2.24) is 5.32 Å². The lowest BCUT2D eigenvalue weighted by Gasteiger charge is -2.35. The molecule has 4 rings (SSSR count). The van der Waals surface area contributed by atoms with Gasteiger partial charge in [0, 0.05) is 0 Å². The summed E-state index contributed by atoms with van der Waals surface area (Å²) in [7, 11) is 0.804. The van der Waals surface area contributed by atoms with Gasteiger partial charge in [-0.3, -0.25) is 5.32 Å². The van der Waals surface area contributed by atoms with Gasteiger partial charge in [0.05, 0.1) is 18.7 Å². The van der Waals surface area contributed by atoms with Crippen LogP contribution in [-0.4, -0.2) is 30.6 Å². The van der Waals surface area contributed by atoms with Crippen LogP contribution in [0, 0.1) is 0 Å². The largest absolute Gasteiger partial charge is 0.467 e. The second-order valence-corrected chi connectivity index (χ2v) is 8.29. The first-order valence-electron chi connectivity index (χ1n) is 10.8. The number of nitrogens with one attached hydrogen (secondary N) is 1. The third kappa shape index (κ3) is 4.03. The third-order valence-electron chi connectivity index (χ3n) is 6.21. The summed E-state index contributed by atoms with van der Waals surface area (Å²) in [6.07, 6.45) is -4.76. The van der Waals surface area contributed by atoms with E-state index in [1.54, 1.807) is 0 Å². The highest BCUT2D eigenvalue weighted by Gasteiger charge is 2.84. The van der Waals surface area contributed by atoms with E-state index < -0.39 is 58.0 Å². The molecule has 0 spiro atoms. The number of alkyl halides is 6. The maximum Gasteiger partial charge on any atom is 0.416 e. The van der Waals surface area contributed by atoms with Crippen LogP contribution in [0.2, 0.25) is 0 Å². The maximum absolute atomic E-state index is 16.8. The number of benzene rings is 3. The Balaban J connectivity index is 1.93. The Labute approximate surface area is 207 Å². The topological polar surface area (TPSA) is 64.6 Å². The maximum atomic E-state index is 16.8. The van der Waals surface area contributed by atoms with Crippen molar-refractivity contribution in [2.75, 3.05) is 7.11 Å². The van der Waals surface area contributed by atoms with Gasteiger partial charge in [-0.25, -0.2) is 14.0 Å². The summed E-state index contributed by atoms with van der Waals surface area (Å²) < 4.78 is 98.4. The molecule has 1 heterocycles. The molecule has 1 fully saturated rings. The molecule has 37 heavy (non-hydrogen) atoms. The summed E-state index contributed by atoms with van der Waals surface area (Å²) >= 11 is 0. The molecule has 0 amide bonds. The molecule has 5 nitrogen and oxygen atoms in total. The van der Waals surface area contributed by atoms with Crippen molar-refractivity contribution in [3.63, 3.8) is 0 Å².